The molecule has 1 N–H and O–H groups in total. The van der Waals surface area contributed by atoms with E-state index in [4.69, 9.17) is 0 Å². The minimum Gasteiger partial charge on any atom is -0.481 e. The summed E-state index contributed by atoms with van der Waals surface area (Å²) in [5.74, 6) is -0.935. The van der Waals surface area contributed by atoms with Crippen molar-refractivity contribution in [2.24, 2.45) is 11.3 Å². The molecule has 1 amide bonds. The standard InChI is InChI=1S/C15H17NO4S/c1-9(17)10-5-12(21-7-10)13(18)16-6-11-3-2-4-15(11,8-16)14(19)20/h5,7,11H,2-4,6,8H2,1H3,(H,19,20)/t11-,15+/m0/s1. The number of fused-ring (bicyclic) bond motifs is 1. The molecule has 0 radical (unpaired) electrons. The van der Waals surface area contributed by atoms with Crippen molar-refractivity contribution in [3.8, 4) is 0 Å². The number of carbonyl (C=O) groups excluding carboxylic acids is 2. The van der Waals surface area contributed by atoms with Gasteiger partial charge in [0, 0.05) is 24.0 Å². The van der Waals surface area contributed by atoms with Crippen molar-refractivity contribution in [3.05, 3.63) is 21.9 Å². The lowest BCUT2D eigenvalue weighted by atomic mass is 9.81. The molecule has 112 valence electrons. The van der Waals surface area contributed by atoms with Crippen molar-refractivity contribution in [1.82, 2.24) is 4.90 Å². The van der Waals surface area contributed by atoms with E-state index in [0.717, 1.165) is 12.8 Å². The third kappa shape index (κ3) is 2.18. The van der Waals surface area contributed by atoms with Crippen LogP contribution in [0.3, 0.4) is 0 Å². The summed E-state index contributed by atoms with van der Waals surface area (Å²) in [7, 11) is 0. The maximum absolute atomic E-state index is 12.5. The van der Waals surface area contributed by atoms with Gasteiger partial charge in [0.2, 0.25) is 0 Å². The topological polar surface area (TPSA) is 74.7 Å². The summed E-state index contributed by atoms with van der Waals surface area (Å²) in [6.07, 6.45) is 2.45. The molecule has 1 aromatic heterocycles. The lowest BCUT2D eigenvalue weighted by Crippen LogP contribution is -2.37. The van der Waals surface area contributed by atoms with Crippen molar-refractivity contribution in [3.63, 3.8) is 0 Å². The quantitative estimate of drug-likeness (QED) is 0.869. The molecule has 1 aliphatic heterocycles. The largest absolute Gasteiger partial charge is 0.481 e. The number of Topliss-reactive ketones (excluding diaryl/α,β-unsaturated/α-hetero) is 1. The molecule has 3 rings (SSSR count). The van der Waals surface area contributed by atoms with Gasteiger partial charge in [0.05, 0.1) is 10.3 Å². The van der Waals surface area contributed by atoms with Crippen LogP contribution in [-0.4, -0.2) is 40.8 Å². The predicted molar refractivity (Wildman–Crippen MR) is 77.6 cm³/mol. The minimum absolute atomic E-state index is 0.0613. The van der Waals surface area contributed by atoms with Crippen LogP contribution >= 0.6 is 11.3 Å². The number of hydrogen-bond acceptors (Lipinski definition) is 4. The first-order chi connectivity index (χ1) is 9.94. The maximum Gasteiger partial charge on any atom is 0.311 e. The van der Waals surface area contributed by atoms with Crippen molar-refractivity contribution in [2.75, 3.05) is 13.1 Å². The lowest BCUT2D eigenvalue weighted by Gasteiger charge is -2.23. The van der Waals surface area contributed by atoms with Gasteiger partial charge in [0.15, 0.2) is 5.78 Å². The van der Waals surface area contributed by atoms with E-state index in [1.807, 2.05) is 0 Å². The number of ketones is 1. The van der Waals surface area contributed by atoms with E-state index in [9.17, 15) is 19.5 Å². The third-order valence-electron chi connectivity index (χ3n) is 4.80. The van der Waals surface area contributed by atoms with Crippen LogP contribution in [0.1, 0.15) is 46.2 Å². The predicted octanol–water partition coefficient (Wildman–Crippen LogP) is 2.28. The van der Waals surface area contributed by atoms with Gasteiger partial charge in [0.25, 0.3) is 5.91 Å². The number of carbonyl (C=O) groups is 3. The second-order valence-electron chi connectivity index (χ2n) is 5.99. The Balaban J connectivity index is 1.81. The van der Waals surface area contributed by atoms with Crippen LogP contribution in [0.15, 0.2) is 11.4 Å². The van der Waals surface area contributed by atoms with E-state index in [1.165, 1.54) is 18.3 Å². The average molecular weight is 307 g/mol. The van der Waals surface area contributed by atoms with E-state index in [2.05, 4.69) is 0 Å². The van der Waals surface area contributed by atoms with Gasteiger partial charge in [-0.15, -0.1) is 11.3 Å². The Hall–Kier alpha value is -1.69. The fourth-order valence-electron chi connectivity index (χ4n) is 3.58. The zero-order valence-electron chi connectivity index (χ0n) is 11.8. The first kappa shape index (κ1) is 14.3. The van der Waals surface area contributed by atoms with Crippen LogP contribution < -0.4 is 0 Å². The van der Waals surface area contributed by atoms with Crippen LogP contribution in [-0.2, 0) is 4.79 Å². The molecule has 5 nitrogen and oxygen atoms in total. The normalized spacial score (nSPS) is 27.7. The van der Waals surface area contributed by atoms with E-state index >= 15 is 0 Å². The van der Waals surface area contributed by atoms with Crippen LogP contribution in [0, 0.1) is 11.3 Å². The number of amides is 1. The second kappa shape index (κ2) is 4.94. The number of thiophene rings is 1. The van der Waals surface area contributed by atoms with Crippen molar-refractivity contribution in [2.45, 2.75) is 26.2 Å². The number of hydrogen-bond donors (Lipinski definition) is 1. The van der Waals surface area contributed by atoms with Gasteiger partial charge >= 0.3 is 5.97 Å². The molecule has 1 aromatic rings. The molecule has 0 spiro atoms. The Bertz CT molecular complexity index is 623. The first-order valence-corrected chi connectivity index (χ1v) is 7.94. The summed E-state index contributed by atoms with van der Waals surface area (Å²) in [6.45, 7) is 2.27. The van der Waals surface area contributed by atoms with Crippen molar-refractivity contribution < 1.29 is 19.5 Å². The molecular weight excluding hydrogens is 290 g/mol. The van der Waals surface area contributed by atoms with Crippen molar-refractivity contribution in [1.29, 1.82) is 0 Å². The summed E-state index contributed by atoms with van der Waals surface area (Å²) in [5.41, 5.74) is -0.216. The molecule has 1 aliphatic carbocycles. The summed E-state index contributed by atoms with van der Waals surface area (Å²) in [6, 6.07) is 1.61. The Kier molecular flexibility index (Phi) is 3.36. The van der Waals surface area contributed by atoms with E-state index in [1.54, 1.807) is 16.3 Å². The molecular formula is C15H17NO4S. The van der Waals surface area contributed by atoms with Gasteiger partial charge in [-0.1, -0.05) is 6.42 Å². The average Bonchev–Trinajstić information content (AvgIpc) is 3.11. The number of rotatable bonds is 3. The molecule has 2 atom stereocenters. The lowest BCUT2D eigenvalue weighted by molar-refractivity contribution is -0.149. The highest BCUT2D eigenvalue weighted by molar-refractivity contribution is 7.12. The van der Waals surface area contributed by atoms with E-state index < -0.39 is 11.4 Å². The van der Waals surface area contributed by atoms with Gasteiger partial charge in [0.1, 0.15) is 0 Å². The molecule has 2 fully saturated rings. The molecule has 1 saturated heterocycles. The van der Waals surface area contributed by atoms with Crippen LogP contribution in [0.4, 0.5) is 0 Å². The fourth-order valence-corrected chi connectivity index (χ4v) is 4.50. The highest BCUT2D eigenvalue weighted by Gasteiger charge is 2.55. The Labute approximate surface area is 126 Å². The summed E-state index contributed by atoms with van der Waals surface area (Å²) >= 11 is 1.25. The third-order valence-corrected chi connectivity index (χ3v) is 5.72. The zero-order chi connectivity index (χ0) is 15.2. The van der Waals surface area contributed by atoms with Gasteiger partial charge in [-0.3, -0.25) is 14.4 Å². The molecule has 0 bridgehead atoms. The summed E-state index contributed by atoms with van der Waals surface area (Å²) in [5, 5.41) is 11.2. The van der Waals surface area contributed by atoms with Crippen molar-refractivity contribution >= 4 is 29.0 Å². The fraction of sp³-hybridized carbons (Fsp3) is 0.533. The zero-order valence-corrected chi connectivity index (χ0v) is 12.6. The van der Waals surface area contributed by atoms with Gasteiger partial charge in [-0.2, -0.15) is 0 Å². The Morgan fingerprint density at radius 1 is 1.43 bits per heavy atom. The smallest absolute Gasteiger partial charge is 0.311 e. The second-order valence-corrected chi connectivity index (χ2v) is 6.90. The maximum atomic E-state index is 12.5. The first-order valence-electron chi connectivity index (χ1n) is 7.06. The van der Waals surface area contributed by atoms with E-state index in [-0.39, 0.29) is 17.6 Å². The highest BCUT2D eigenvalue weighted by atomic mass is 32.1. The van der Waals surface area contributed by atoms with Gasteiger partial charge in [-0.25, -0.2) is 0 Å². The molecule has 0 aromatic carbocycles. The molecule has 21 heavy (non-hydrogen) atoms. The molecule has 2 aliphatic rings. The summed E-state index contributed by atoms with van der Waals surface area (Å²) < 4.78 is 0. The molecule has 0 unspecified atom stereocenters. The Morgan fingerprint density at radius 3 is 2.76 bits per heavy atom. The van der Waals surface area contributed by atoms with Gasteiger partial charge in [-0.05, 0) is 31.7 Å². The number of likely N-dealkylation sites (tertiary alicyclic amines) is 1. The monoisotopic (exact) mass is 307 g/mol. The number of nitrogens with zero attached hydrogens (tertiary/aromatic N) is 1. The van der Waals surface area contributed by atoms with Crippen LogP contribution in [0.25, 0.3) is 0 Å². The molecule has 6 heteroatoms. The van der Waals surface area contributed by atoms with E-state index in [0.29, 0.717) is 30.0 Å². The van der Waals surface area contributed by atoms with Crippen LogP contribution in [0.2, 0.25) is 0 Å². The number of carboxylic acid groups (broad SMARTS) is 1. The van der Waals surface area contributed by atoms with Gasteiger partial charge < -0.3 is 10.0 Å². The SMILES string of the molecule is CC(=O)c1csc(C(=O)N2C[C@@H]3CCC[C@@]3(C(=O)O)C2)c1. The minimum atomic E-state index is -0.782. The van der Waals surface area contributed by atoms with Crippen LogP contribution in [0.5, 0.6) is 0 Å². The Morgan fingerprint density at radius 2 is 2.19 bits per heavy atom. The molecule has 2 heterocycles. The number of carboxylic acids is 1. The number of aliphatic carboxylic acids is 1. The highest BCUT2D eigenvalue weighted by Crippen LogP contribution is 2.49. The molecule has 1 saturated carbocycles. The summed E-state index contributed by atoms with van der Waals surface area (Å²) in [4.78, 5) is 37.6.